The SMILES string of the molecule is CN(C)C(=O)C1(C)CN(C(=O)OCc2ccccc2)C1. The van der Waals surface area contributed by atoms with Gasteiger partial charge in [0.25, 0.3) is 0 Å². The number of rotatable bonds is 3. The molecular weight excluding hydrogens is 256 g/mol. The third-order valence-electron chi connectivity index (χ3n) is 3.47. The van der Waals surface area contributed by atoms with E-state index in [-0.39, 0.29) is 18.6 Å². The summed E-state index contributed by atoms with van der Waals surface area (Å²) in [4.78, 5) is 26.9. The van der Waals surface area contributed by atoms with E-state index >= 15 is 0 Å². The van der Waals surface area contributed by atoms with Gasteiger partial charge in [-0.1, -0.05) is 30.3 Å². The Hall–Kier alpha value is -2.04. The molecule has 0 unspecified atom stereocenters. The maximum Gasteiger partial charge on any atom is 0.410 e. The largest absolute Gasteiger partial charge is 0.445 e. The van der Waals surface area contributed by atoms with E-state index in [9.17, 15) is 9.59 Å². The second-order valence-electron chi connectivity index (χ2n) is 5.66. The summed E-state index contributed by atoms with van der Waals surface area (Å²) < 4.78 is 5.23. The van der Waals surface area contributed by atoms with E-state index in [1.54, 1.807) is 23.9 Å². The van der Waals surface area contributed by atoms with E-state index in [0.717, 1.165) is 5.56 Å². The molecule has 1 heterocycles. The molecule has 0 bridgehead atoms. The first-order valence-electron chi connectivity index (χ1n) is 6.60. The molecule has 1 aliphatic rings. The second-order valence-corrected chi connectivity index (χ2v) is 5.66. The molecule has 0 spiro atoms. The van der Waals surface area contributed by atoms with Crippen molar-refractivity contribution in [1.29, 1.82) is 0 Å². The molecule has 20 heavy (non-hydrogen) atoms. The number of hydrogen-bond acceptors (Lipinski definition) is 3. The summed E-state index contributed by atoms with van der Waals surface area (Å²) in [6.07, 6.45) is -0.363. The predicted molar refractivity (Wildman–Crippen MR) is 75.0 cm³/mol. The monoisotopic (exact) mass is 276 g/mol. The molecule has 0 atom stereocenters. The molecule has 2 rings (SSSR count). The minimum Gasteiger partial charge on any atom is -0.445 e. The van der Waals surface area contributed by atoms with Gasteiger partial charge in [0.05, 0.1) is 5.41 Å². The van der Waals surface area contributed by atoms with Crippen LogP contribution in [0.25, 0.3) is 0 Å². The number of nitrogens with zero attached hydrogens (tertiary/aromatic N) is 2. The van der Waals surface area contributed by atoms with Crippen molar-refractivity contribution in [2.24, 2.45) is 5.41 Å². The van der Waals surface area contributed by atoms with Gasteiger partial charge in [0.1, 0.15) is 6.61 Å². The number of likely N-dealkylation sites (tertiary alicyclic amines) is 1. The summed E-state index contributed by atoms with van der Waals surface area (Å²) in [5.41, 5.74) is 0.475. The molecule has 0 radical (unpaired) electrons. The smallest absolute Gasteiger partial charge is 0.410 e. The Kier molecular flexibility index (Phi) is 3.97. The van der Waals surface area contributed by atoms with Crippen LogP contribution in [0, 0.1) is 5.41 Å². The lowest BCUT2D eigenvalue weighted by atomic mass is 9.81. The van der Waals surface area contributed by atoms with Crippen molar-refractivity contribution >= 4 is 12.0 Å². The lowest BCUT2D eigenvalue weighted by Crippen LogP contribution is -2.62. The van der Waals surface area contributed by atoms with Crippen LogP contribution in [0.15, 0.2) is 30.3 Å². The first kappa shape index (κ1) is 14.4. The van der Waals surface area contributed by atoms with E-state index in [0.29, 0.717) is 13.1 Å². The summed E-state index contributed by atoms with van der Waals surface area (Å²) in [7, 11) is 3.45. The highest BCUT2D eigenvalue weighted by Crippen LogP contribution is 2.31. The van der Waals surface area contributed by atoms with Gasteiger partial charge in [-0.15, -0.1) is 0 Å². The van der Waals surface area contributed by atoms with Gasteiger partial charge in [0.15, 0.2) is 0 Å². The molecule has 1 aliphatic heterocycles. The lowest BCUT2D eigenvalue weighted by Gasteiger charge is -2.46. The molecule has 0 N–H and O–H groups in total. The highest BCUT2D eigenvalue weighted by Gasteiger charge is 2.48. The summed E-state index contributed by atoms with van der Waals surface area (Å²) >= 11 is 0. The summed E-state index contributed by atoms with van der Waals surface area (Å²) in [6.45, 7) is 2.96. The molecule has 5 heteroatoms. The molecule has 1 fully saturated rings. The number of carbonyl (C=O) groups is 2. The van der Waals surface area contributed by atoms with Crippen molar-refractivity contribution in [3.05, 3.63) is 35.9 Å². The van der Waals surface area contributed by atoms with E-state index < -0.39 is 5.41 Å². The average molecular weight is 276 g/mol. The second kappa shape index (κ2) is 5.53. The van der Waals surface area contributed by atoms with Crippen molar-refractivity contribution < 1.29 is 14.3 Å². The molecule has 1 aromatic carbocycles. The van der Waals surface area contributed by atoms with Crippen molar-refractivity contribution in [2.75, 3.05) is 27.2 Å². The number of benzene rings is 1. The molecule has 1 aromatic rings. The van der Waals surface area contributed by atoms with Gasteiger partial charge in [-0.25, -0.2) is 4.79 Å². The Bertz CT molecular complexity index is 493. The zero-order valence-corrected chi connectivity index (χ0v) is 12.1. The molecule has 108 valence electrons. The number of carbonyl (C=O) groups excluding carboxylic acids is 2. The Morgan fingerprint density at radius 3 is 2.40 bits per heavy atom. The van der Waals surface area contributed by atoms with Gasteiger partial charge < -0.3 is 14.5 Å². The van der Waals surface area contributed by atoms with Crippen LogP contribution in [0.3, 0.4) is 0 Å². The number of ether oxygens (including phenoxy) is 1. The Labute approximate surface area is 119 Å². The molecule has 0 aliphatic carbocycles. The molecule has 0 aromatic heterocycles. The summed E-state index contributed by atoms with van der Waals surface area (Å²) in [5.74, 6) is 0.0459. The summed E-state index contributed by atoms with van der Waals surface area (Å²) in [6, 6.07) is 9.53. The fourth-order valence-electron chi connectivity index (χ4n) is 2.41. The van der Waals surface area contributed by atoms with Crippen LogP contribution < -0.4 is 0 Å². The van der Waals surface area contributed by atoms with Crippen molar-refractivity contribution in [3.8, 4) is 0 Å². The van der Waals surface area contributed by atoms with Crippen LogP contribution in [0.2, 0.25) is 0 Å². The molecule has 0 saturated carbocycles. The van der Waals surface area contributed by atoms with Crippen LogP contribution in [-0.2, 0) is 16.1 Å². The van der Waals surface area contributed by atoms with Gasteiger partial charge >= 0.3 is 6.09 Å². The van der Waals surface area contributed by atoms with Gasteiger partial charge in [0, 0.05) is 27.2 Å². The molecule has 2 amide bonds. The lowest BCUT2D eigenvalue weighted by molar-refractivity contribution is -0.147. The quantitative estimate of drug-likeness (QED) is 0.845. The third-order valence-corrected chi connectivity index (χ3v) is 3.47. The maximum absolute atomic E-state index is 11.9. The van der Waals surface area contributed by atoms with Crippen LogP contribution in [0.5, 0.6) is 0 Å². The van der Waals surface area contributed by atoms with Gasteiger partial charge in [-0.2, -0.15) is 0 Å². The Balaban J connectivity index is 1.81. The standard InChI is InChI=1S/C15H20N2O3/c1-15(13(18)16(2)3)10-17(11-15)14(19)20-9-12-7-5-4-6-8-12/h4-8H,9-11H2,1-3H3. The topological polar surface area (TPSA) is 49.9 Å². The Morgan fingerprint density at radius 1 is 1.25 bits per heavy atom. The van der Waals surface area contributed by atoms with E-state index in [1.807, 2.05) is 37.3 Å². The normalized spacial score (nSPS) is 16.2. The highest BCUT2D eigenvalue weighted by molar-refractivity contribution is 5.85. The maximum atomic E-state index is 11.9. The van der Waals surface area contributed by atoms with E-state index in [2.05, 4.69) is 0 Å². The molecule has 5 nitrogen and oxygen atoms in total. The minimum atomic E-state index is -0.477. The third kappa shape index (κ3) is 2.92. The van der Waals surface area contributed by atoms with E-state index in [4.69, 9.17) is 4.74 Å². The van der Waals surface area contributed by atoms with Crippen LogP contribution >= 0.6 is 0 Å². The zero-order valence-electron chi connectivity index (χ0n) is 12.1. The first-order valence-corrected chi connectivity index (χ1v) is 6.60. The van der Waals surface area contributed by atoms with Crippen molar-refractivity contribution in [1.82, 2.24) is 9.80 Å². The van der Waals surface area contributed by atoms with Crippen molar-refractivity contribution in [3.63, 3.8) is 0 Å². The summed E-state index contributed by atoms with van der Waals surface area (Å²) in [5, 5.41) is 0. The van der Waals surface area contributed by atoms with Gasteiger partial charge in [-0.3, -0.25) is 4.79 Å². The van der Waals surface area contributed by atoms with Crippen LogP contribution in [-0.4, -0.2) is 49.0 Å². The Morgan fingerprint density at radius 2 is 1.85 bits per heavy atom. The average Bonchev–Trinajstić information content (AvgIpc) is 2.41. The minimum absolute atomic E-state index is 0.0459. The van der Waals surface area contributed by atoms with Gasteiger partial charge in [0.2, 0.25) is 5.91 Å². The molecular formula is C15H20N2O3. The number of hydrogen-bond donors (Lipinski definition) is 0. The fraction of sp³-hybridized carbons (Fsp3) is 0.467. The van der Waals surface area contributed by atoms with Crippen LogP contribution in [0.1, 0.15) is 12.5 Å². The van der Waals surface area contributed by atoms with Crippen molar-refractivity contribution in [2.45, 2.75) is 13.5 Å². The first-order chi connectivity index (χ1) is 9.42. The highest BCUT2D eigenvalue weighted by atomic mass is 16.6. The molecule has 1 saturated heterocycles. The van der Waals surface area contributed by atoms with Gasteiger partial charge in [-0.05, 0) is 12.5 Å². The predicted octanol–water partition coefficient (Wildman–Crippen LogP) is 1.73. The van der Waals surface area contributed by atoms with Crippen LogP contribution in [0.4, 0.5) is 4.79 Å². The fourth-order valence-corrected chi connectivity index (χ4v) is 2.41. The number of amides is 2. The van der Waals surface area contributed by atoms with E-state index in [1.165, 1.54) is 0 Å². The zero-order chi connectivity index (χ0) is 14.8.